The van der Waals surface area contributed by atoms with Crippen LogP contribution in [0.4, 0.5) is 32.8 Å². The van der Waals surface area contributed by atoms with Crippen LogP contribution in [0.25, 0.3) is 0 Å². The second-order valence-corrected chi connectivity index (χ2v) is 6.66. The van der Waals surface area contributed by atoms with Gasteiger partial charge in [0.1, 0.15) is 11.9 Å². The first-order chi connectivity index (χ1) is 12.7. The van der Waals surface area contributed by atoms with Crippen LogP contribution < -0.4 is 5.32 Å². The lowest BCUT2D eigenvalue weighted by Crippen LogP contribution is -2.48. The zero-order valence-corrected chi connectivity index (χ0v) is 14.6. The van der Waals surface area contributed by atoms with E-state index in [1.165, 1.54) is 4.90 Å². The van der Waals surface area contributed by atoms with E-state index in [0.29, 0.717) is 25.5 Å². The minimum absolute atomic E-state index is 0.0919. The maximum Gasteiger partial charge on any atom is 0.418 e. The fourth-order valence-electron chi connectivity index (χ4n) is 3.38. The highest BCUT2D eigenvalue weighted by Crippen LogP contribution is 2.36. The van der Waals surface area contributed by atoms with Crippen LogP contribution in [0, 0.1) is 5.82 Å². The molecule has 1 N–H and O–H groups in total. The summed E-state index contributed by atoms with van der Waals surface area (Å²) in [4.78, 5) is 27.0. The van der Waals surface area contributed by atoms with Gasteiger partial charge < -0.3 is 19.9 Å². The summed E-state index contributed by atoms with van der Waals surface area (Å²) in [6.07, 6.45) is -4.44. The molecule has 148 valence electrons. The Kier molecular flexibility index (Phi) is 5.16. The van der Waals surface area contributed by atoms with Crippen molar-refractivity contribution in [3.8, 4) is 0 Å². The maximum absolute atomic E-state index is 13.9. The molecule has 1 aromatic rings. The van der Waals surface area contributed by atoms with E-state index in [2.05, 4.69) is 0 Å². The van der Waals surface area contributed by atoms with Crippen molar-refractivity contribution in [3.63, 3.8) is 0 Å². The van der Waals surface area contributed by atoms with Gasteiger partial charge in [-0.05, 0) is 31.9 Å². The number of likely N-dealkylation sites (tertiary alicyclic amines) is 1. The van der Waals surface area contributed by atoms with Crippen molar-refractivity contribution in [2.75, 3.05) is 25.0 Å². The molecular weight excluding hydrogens is 370 g/mol. The average molecular weight is 389 g/mol. The Labute approximate surface area is 153 Å². The number of ether oxygens (including phenoxy) is 1. The van der Waals surface area contributed by atoms with Crippen molar-refractivity contribution in [1.29, 1.82) is 0 Å². The van der Waals surface area contributed by atoms with Gasteiger partial charge in [-0.15, -0.1) is 0 Å². The number of amides is 3. The fourth-order valence-corrected chi connectivity index (χ4v) is 3.38. The highest BCUT2D eigenvalue weighted by molar-refractivity contribution is 5.90. The van der Waals surface area contributed by atoms with E-state index in [1.807, 2.05) is 5.32 Å². The van der Waals surface area contributed by atoms with Crippen molar-refractivity contribution in [1.82, 2.24) is 9.80 Å². The number of alkyl halides is 3. The average Bonchev–Trinajstić information content (AvgIpc) is 2.94. The Hall–Kier alpha value is -2.52. The summed E-state index contributed by atoms with van der Waals surface area (Å²) in [5.74, 6) is -1.15. The van der Waals surface area contributed by atoms with Gasteiger partial charge in [0, 0.05) is 19.1 Å². The van der Waals surface area contributed by atoms with Crippen molar-refractivity contribution < 1.29 is 31.9 Å². The third-order valence-corrected chi connectivity index (χ3v) is 4.73. The second kappa shape index (κ2) is 7.24. The third kappa shape index (κ3) is 4.09. The molecule has 10 heteroatoms. The lowest BCUT2D eigenvalue weighted by Gasteiger charge is -2.35. The number of hydrogen-bond donors (Lipinski definition) is 1. The van der Waals surface area contributed by atoms with Crippen LogP contribution in [0.2, 0.25) is 0 Å². The molecule has 2 heterocycles. The molecule has 0 bridgehead atoms. The lowest BCUT2D eigenvalue weighted by molar-refractivity contribution is -0.137. The summed E-state index contributed by atoms with van der Waals surface area (Å²) >= 11 is 0. The van der Waals surface area contributed by atoms with Gasteiger partial charge in [-0.25, -0.2) is 14.0 Å². The van der Waals surface area contributed by atoms with Crippen LogP contribution in [0.15, 0.2) is 18.2 Å². The largest absolute Gasteiger partial charge is 0.444 e. The summed E-state index contributed by atoms with van der Waals surface area (Å²) in [6, 6.07) is 1.62. The third-order valence-electron chi connectivity index (χ3n) is 4.73. The first-order valence-corrected chi connectivity index (χ1v) is 8.55. The van der Waals surface area contributed by atoms with Crippen LogP contribution in [0.3, 0.4) is 0 Å². The van der Waals surface area contributed by atoms with E-state index in [-0.39, 0.29) is 25.2 Å². The maximum atomic E-state index is 13.9. The monoisotopic (exact) mass is 389 g/mol. The quantitative estimate of drug-likeness (QED) is 0.785. The van der Waals surface area contributed by atoms with Crippen molar-refractivity contribution >= 4 is 17.8 Å². The summed E-state index contributed by atoms with van der Waals surface area (Å²) in [6.45, 7) is 2.74. The van der Waals surface area contributed by atoms with E-state index in [9.17, 15) is 27.2 Å². The smallest absolute Gasteiger partial charge is 0.418 e. The normalized spacial score (nSPS) is 21.4. The number of rotatable bonds is 2. The Bertz CT molecular complexity index is 733. The number of piperidine rings is 1. The molecule has 1 aromatic carbocycles. The number of para-hydroxylation sites is 1. The number of nitrogens with one attached hydrogen (secondary N) is 1. The van der Waals surface area contributed by atoms with Crippen LogP contribution in [-0.4, -0.2) is 53.7 Å². The number of cyclic esters (lactones) is 1. The minimum atomic E-state index is -4.79. The molecule has 0 spiro atoms. The summed E-state index contributed by atoms with van der Waals surface area (Å²) in [5, 5.41) is 2.04. The van der Waals surface area contributed by atoms with Gasteiger partial charge in [-0.3, -0.25) is 0 Å². The van der Waals surface area contributed by atoms with Gasteiger partial charge in [0.15, 0.2) is 0 Å². The molecule has 3 rings (SSSR count). The van der Waals surface area contributed by atoms with Crippen LogP contribution in [-0.2, 0) is 10.9 Å². The lowest BCUT2D eigenvalue weighted by atomic mass is 10.0. The predicted molar refractivity (Wildman–Crippen MR) is 87.7 cm³/mol. The predicted octanol–water partition coefficient (Wildman–Crippen LogP) is 3.68. The van der Waals surface area contributed by atoms with Crippen LogP contribution >= 0.6 is 0 Å². The molecular formula is C17H19F4N3O3. The molecule has 2 saturated heterocycles. The molecule has 0 radical (unpaired) electrons. The summed E-state index contributed by atoms with van der Waals surface area (Å²) < 4.78 is 58.0. The van der Waals surface area contributed by atoms with E-state index in [4.69, 9.17) is 4.74 Å². The number of carbonyl (C=O) groups is 2. The molecule has 0 aromatic heterocycles. The molecule has 0 aliphatic carbocycles. The number of urea groups is 1. The van der Waals surface area contributed by atoms with E-state index in [1.54, 1.807) is 11.8 Å². The van der Waals surface area contributed by atoms with E-state index >= 15 is 0 Å². The van der Waals surface area contributed by atoms with Crippen molar-refractivity contribution in [2.45, 2.75) is 38.1 Å². The SMILES string of the molecule is CC1CN(C2CCN(C(=O)Nc3c(F)cccc3C(F)(F)F)CC2)C(=O)O1. The molecule has 2 fully saturated rings. The standard InChI is InChI=1S/C17H19F4N3O3/c1-10-9-24(16(26)27-10)11-5-7-23(8-6-11)15(25)22-14-12(17(19,20)21)3-2-4-13(14)18/h2-4,10-11H,5-9H2,1H3,(H,22,25). The first-order valence-electron chi connectivity index (χ1n) is 8.55. The van der Waals surface area contributed by atoms with E-state index in [0.717, 1.165) is 12.1 Å². The van der Waals surface area contributed by atoms with Crippen LogP contribution in [0.1, 0.15) is 25.3 Å². The minimum Gasteiger partial charge on any atom is -0.444 e. The van der Waals surface area contributed by atoms with Gasteiger partial charge in [0.2, 0.25) is 0 Å². The second-order valence-electron chi connectivity index (χ2n) is 6.66. The zero-order valence-electron chi connectivity index (χ0n) is 14.6. The van der Waals surface area contributed by atoms with Gasteiger partial charge in [-0.1, -0.05) is 6.07 Å². The number of carbonyl (C=O) groups excluding carboxylic acids is 2. The summed E-state index contributed by atoms with van der Waals surface area (Å²) in [7, 11) is 0. The number of nitrogens with zero attached hydrogens (tertiary/aromatic N) is 2. The molecule has 0 saturated carbocycles. The molecule has 1 unspecified atom stereocenters. The van der Waals surface area contributed by atoms with E-state index < -0.39 is 35.4 Å². The highest BCUT2D eigenvalue weighted by Gasteiger charge is 2.38. The molecule has 2 aliphatic heterocycles. The highest BCUT2D eigenvalue weighted by atomic mass is 19.4. The Morgan fingerprint density at radius 2 is 1.93 bits per heavy atom. The fraction of sp³-hybridized carbons (Fsp3) is 0.529. The molecule has 1 atom stereocenters. The number of hydrogen-bond acceptors (Lipinski definition) is 3. The summed E-state index contributed by atoms with van der Waals surface area (Å²) in [5.41, 5.74) is -2.12. The van der Waals surface area contributed by atoms with Gasteiger partial charge in [0.05, 0.1) is 17.8 Å². The zero-order chi connectivity index (χ0) is 19.8. The van der Waals surface area contributed by atoms with Gasteiger partial charge in [0.25, 0.3) is 0 Å². The van der Waals surface area contributed by atoms with Crippen LogP contribution in [0.5, 0.6) is 0 Å². The molecule has 2 aliphatic rings. The molecule has 27 heavy (non-hydrogen) atoms. The number of benzene rings is 1. The topological polar surface area (TPSA) is 61.9 Å². The number of anilines is 1. The Morgan fingerprint density at radius 1 is 1.26 bits per heavy atom. The van der Waals surface area contributed by atoms with Gasteiger partial charge in [-0.2, -0.15) is 13.2 Å². The van der Waals surface area contributed by atoms with Crippen molar-refractivity contribution in [2.24, 2.45) is 0 Å². The molecule has 3 amide bonds. The Morgan fingerprint density at radius 3 is 2.48 bits per heavy atom. The van der Waals surface area contributed by atoms with Gasteiger partial charge >= 0.3 is 18.3 Å². The Balaban J connectivity index is 1.63. The van der Waals surface area contributed by atoms with Crippen molar-refractivity contribution in [3.05, 3.63) is 29.6 Å². The number of halogens is 4. The molecule has 6 nitrogen and oxygen atoms in total. The first kappa shape index (κ1) is 19.2.